The van der Waals surface area contributed by atoms with Crippen LogP contribution in [0.4, 0.5) is 5.69 Å². The van der Waals surface area contributed by atoms with E-state index in [0.29, 0.717) is 5.69 Å². The third-order valence-electron chi connectivity index (χ3n) is 3.43. The van der Waals surface area contributed by atoms with Crippen molar-refractivity contribution in [2.45, 2.75) is 50.1 Å². The van der Waals surface area contributed by atoms with E-state index in [2.05, 4.69) is 10.0 Å². The van der Waals surface area contributed by atoms with E-state index in [4.69, 9.17) is 5.11 Å². The summed E-state index contributed by atoms with van der Waals surface area (Å²) in [7, 11) is -3.71. The number of nitrogens with one attached hydrogen (secondary N) is 2. The third kappa shape index (κ3) is 3.95. The topological polar surface area (TPSA) is 95.5 Å². The van der Waals surface area contributed by atoms with E-state index in [1.54, 1.807) is 0 Å². The van der Waals surface area contributed by atoms with Crippen LogP contribution < -0.4 is 10.0 Å². The number of rotatable bonds is 7. The molecule has 3 N–H and O–H groups in total. The van der Waals surface area contributed by atoms with Crippen LogP contribution >= 0.6 is 0 Å². The van der Waals surface area contributed by atoms with Gasteiger partial charge < -0.3 is 10.4 Å². The van der Waals surface area contributed by atoms with E-state index in [0.717, 1.165) is 19.3 Å². The number of carboxylic acids is 1. The van der Waals surface area contributed by atoms with Gasteiger partial charge in [-0.1, -0.05) is 6.92 Å². The Bertz CT molecular complexity index is 638. The molecule has 21 heavy (non-hydrogen) atoms. The Hall–Kier alpha value is -1.60. The lowest BCUT2D eigenvalue weighted by Gasteiger charge is -2.17. The summed E-state index contributed by atoms with van der Waals surface area (Å²) in [6, 6.07) is 4.19. The van der Waals surface area contributed by atoms with Gasteiger partial charge in [0.15, 0.2) is 0 Å². The fraction of sp³-hybridized carbons (Fsp3) is 0.500. The van der Waals surface area contributed by atoms with Crippen LogP contribution in [0.15, 0.2) is 23.1 Å². The highest BCUT2D eigenvalue weighted by atomic mass is 32.2. The van der Waals surface area contributed by atoms with Gasteiger partial charge in [-0.25, -0.2) is 17.9 Å². The number of anilines is 1. The van der Waals surface area contributed by atoms with Gasteiger partial charge in [-0.3, -0.25) is 0 Å². The molecule has 1 saturated carbocycles. The van der Waals surface area contributed by atoms with Crippen LogP contribution in [0.25, 0.3) is 0 Å². The average molecular weight is 312 g/mol. The van der Waals surface area contributed by atoms with Gasteiger partial charge in [0, 0.05) is 12.1 Å². The van der Waals surface area contributed by atoms with E-state index >= 15 is 0 Å². The summed E-state index contributed by atoms with van der Waals surface area (Å²) in [5.41, 5.74) is 0.392. The summed E-state index contributed by atoms with van der Waals surface area (Å²) >= 11 is 0. The van der Waals surface area contributed by atoms with Crippen molar-refractivity contribution in [3.05, 3.63) is 23.8 Å². The molecule has 1 aromatic carbocycles. The molecule has 1 aromatic rings. The summed E-state index contributed by atoms with van der Waals surface area (Å²) in [6.07, 6.45) is 2.48. The van der Waals surface area contributed by atoms with Gasteiger partial charge in [0.1, 0.15) is 4.90 Å². The van der Waals surface area contributed by atoms with E-state index in [-0.39, 0.29) is 22.5 Å². The predicted molar refractivity (Wildman–Crippen MR) is 80.1 cm³/mol. The Morgan fingerprint density at radius 2 is 2.10 bits per heavy atom. The van der Waals surface area contributed by atoms with E-state index < -0.39 is 16.0 Å². The van der Waals surface area contributed by atoms with Crippen LogP contribution in [0.2, 0.25) is 0 Å². The summed E-state index contributed by atoms with van der Waals surface area (Å²) in [6.45, 7) is 3.93. The number of carbonyl (C=O) groups is 1. The molecule has 0 aromatic heterocycles. The van der Waals surface area contributed by atoms with Crippen molar-refractivity contribution in [3.63, 3.8) is 0 Å². The molecule has 6 nitrogen and oxygen atoms in total. The van der Waals surface area contributed by atoms with Gasteiger partial charge in [-0.05, 0) is 44.4 Å². The largest absolute Gasteiger partial charge is 0.478 e. The molecule has 0 radical (unpaired) electrons. The lowest BCUT2D eigenvalue weighted by Crippen LogP contribution is -2.27. The summed E-state index contributed by atoms with van der Waals surface area (Å²) < 4.78 is 27.4. The van der Waals surface area contributed by atoms with Crippen LogP contribution in [0.3, 0.4) is 0 Å². The molecule has 0 unspecified atom stereocenters. The van der Waals surface area contributed by atoms with Crippen LogP contribution in [-0.4, -0.2) is 31.6 Å². The van der Waals surface area contributed by atoms with Gasteiger partial charge in [0.05, 0.1) is 11.3 Å². The van der Waals surface area contributed by atoms with Crippen molar-refractivity contribution in [1.82, 2.24) is 4.72 Å². The van der Waals surface area contributed by atoms with E-state index in [1.165, 1.54) is 18.2 Å². The van der Waals surface area contributed by atoms with Crippen LogP contribution in [0.5, 0.6) is 0 Å². The van der Waals surface area contributed by atoms with Gasteiger partial charge >= 0.3 is 5.97 Å². The number of hydrogen-bond acceptors (Lipinski definition) is 4. The fourth-order valence-electron chi connectivity index (χ4n) is 1.85. The molecule has 1 atom stereocenters. The SMILES string of the molecule is CC[C@H](C)Nc1ccc(C(=O)O)cc1S(=O)(=O)NC1CC1. The van der Waals surface area contributed by atoms with E-state index in [1.807, 2.05) is 13.8 Å². The highest BCUT2D eigenvalue weighted by molar-refractivity contribution is 7.89. The molecule has 1 aliphatic carbocycles. The van der Waals surface area contributed by atoms with Crippen molar-refractivity contribution < 1.29 is 18.3 Å². The smallest absolute Gasteiger partial charge is 0.335 e. The predicted octanol–water partition coefficient (Wildman–Crippen LogP) is 2.04. The van der Waals surface area contributed by atoms with Crippen molar-refractivity contribution in [3.8, 4) is 0 Å². The lowest BCUT2D eigenvalue weighted by molar-refractivity contribution is 0.0696. The minimum absolute atomic E-state index is 0.00500. The molecule has 0 heterocycles. The van der Waals surface area contributed by atoms with Crippen molar-refractivity contribution in [2.24, 2.45) is 0 Å². The molecule has 1 fully saturated rings. The molecule has 0 aliphatic heterocycles. The van der Waals surface area contributed by atoms with Crippen LogP contribution in [0.1, 0.15) is 43.5 Å². The van der Waals surface area contributed by atoms with Crippen LogP contribution in [-0.2, 0) is 10.0 Å². The first-order valence-electron chi connectivity index (χ1n) is 6.99. The Morgan fingerprint density at radius 3 is 2.62 bits per heavy atom. The zero-order chi connectivity index (χ0) is 15.6. The number of hydrogen-bond donors (Lipinski definition) is 3. The monoisotopic (exact) mass is 312 g/mol. The molecule has 0 saturated heterocycles. The highest BCUT2D eigenvalue weighted by Gasteiger charge is 2.30. The number of carboxylic acid groups (broad SMARTS) is 1. The first kappa shape index (κ1) is 15.8. The molecular formula is C14H20N2O4S. The molecular weight excluding hydrogens is 292 g/mol. The zero-order valence-electron chi connectivity index (χ0n) is 12.1. The summed E-state index contributed by atoms with van der Waals surface area (Å²) in [5.74, 6) is -1.15. The van der Waals surface area contributed by atoms with Gasteiger partial charge in [-0.2, -0.15) is 0 Å². The fourth-order valence-corrected chi connectivity index (χ4v) is 3.35. The molecule has 0 amide bonds. The number of aromatic carboxylic acids is 1. The maximum atomic E-state index is 12.4. The first-order chi connectivity index (χ1) is 9.83. The second kappa shape index (κ2) is 6.03. The van der Waals surface area contributed by atoms with Gasteiger partial charge in [0.25, 0.3) is 0 Å². The van der Waals surface area contributed by atoms with E-state index in [9.17, 15) is 13.2 Å². The van der Waals surface area contributed by atoms with Crippen molar-refractivity contribution in [1.29, 1.82) is 0 Å². The summed E-state index contributed by atoms with van der Waals surface area (Å²) in [4.78, 5) is 11.1. The minimum atomic E-state index is -3.71. The number of benzene rings is 1. The zero-order valence-corrected chi connectivity index (χ0v) is 12.9. The third-order valence-corrected chi connectivity index (χ3v) is 4.99. The maximum absolute atomic E-state index is 12.4. The Kier molecular flexibility index (Phi) is 4.53. The highest BCUT2D eigenvalue weighted by Crippen LogP contribution is 2.27. The first-order valence-corrected chi connectivity index (χ1v) is 8.48. The van der Waals surface area contributed by atoms with Crippen molar-refractivity contribution >= 4 is 21.7 Å². The molecule has 116 valence electrons. The standard InChI is InChI=1S/C14H20N2O4S/c1-3-9(2)15-12-7-4-10(14(17)18)8-13(12)21(19,20)16-11-5-6-11/h4,7-9,11,15-16H,3,5-6H2,1-2H3,(H,17,18)/t9-/m0/s1. The quantitative estimate of drug-likeness (QED) is 0.716. The van der Waals surface area contributed by atoms with Gasteiger partial charge in [-0.15, -0.1) is 0 Å². The Morgan fingerprint density at radius 1 is 1.43 bits per heavy atom. The number of sulfonamides is 1. The minimum Gasteiger partial charge on any atom is -0.478 e. The van der Waals surface area contributed by atoms with Crippen LogP contribution in [0, 0.1) is 0 Å². The second-order valence-electron chi connectivity index (χ2n) is 5.37. The molecule has 1 aliphatic rings. The molecule has 0 spiro atoms. The maximum Gasteiger partial charge on any atom is 0.335 e. The van der Waals surface area contributed by atoms with Gasteiger partial charge in [0.2, 0.25) is 10.0 Å². The molecule has 7 heteroatoms. The summed E-state index contributed by atoms with van der Waals surface area (Å²) in [5, 5.41) is 12.2. The Labute approximate surface area is 124 Å². The lowest BCUT2D eigenvalue weighted by atomic mass is 10.2. The molecule has 0 bridgehead atoms. The molecule has 2 rings (SSSR count). The second-order valence-corrected chi connectivity index (χ2v) is 7.05. The average Bonchev–Trinajstić information content (AvgIpc) is 3.21. The van der Waals surface area contributed by atoms with Crippen molar-refractivity contribution in [2.75, 3.05) is 5.32 Å². The normalized spacial score (nSPS) is 16.5. The Balaban J connectivity index is 2.41.